The number of likely N-dealkylation sites (N-methyl/N-ethyl adjacent to an activating group) is 1. The van der Waals surface area contributed by atoms with Crippen molar-refractivity contribution < 1.29 is 9.59 Å². The highest BCUT2D eigenvalue weighted by atomic mass is 16.2. The number of nitrogens with one attached hydrogen (secondary N) is 2. The zero-order valence-corrected chi connectivity index (χ0v) is 10.9. The van der Waals surface area contributed by atoms with E-state index in [1.807, 2.05) is 11.8 Å². The van der Waals surface area contributed by atoms with Gasteiger partial charge in [-0.2, -0.15) is 5.10 Å². The molecule has 0 saturated carbocycles. The molecule has 1 aromatic rings. The van der Waals surface area contributed by atoms with Crippen molar-refractivity contribution in [3.63, 3.8) is 0 Å². The lowest BCUT2D eigenvalue weighted by molar-refractivity contribution is -0.122. The first-order chi connectivity index (χ1) is 9.20. The number of nitrogens with zero attached hydrogens (tertiary/aromatic N) is 4. The van der Waals surface area contributed by atoms with E-state index in [-0.39, 0.29) is 17.6 Å². The zero-order valence-electron chi connectivity index (χ0n) is 10.9. The molecule has 19 heavy (non-hydrogen) atoms. The van der Waals surface area contributed by atoms with Crippen molar-refractivity contribution in [2.75, 3.05) is 39.3 Å². The first-order valence-electron chi connectivity index (χ1n) is 6.34. The number of aromatic amines is 1. The van der Waals surface area contributed by atoms with Crippen molar-refractivity contribution >= 4 is 11.8 Å². The third-order valence-electron chi connectivity index (χ3n) is 3.02. The maximum Gasteiger partial charge on any atom is 0.291 e. The molecule has 0 radical (unpaired) electrons. The van der Waals surface area contributed by atoms with Crippen LogP contribution in [0, 0.1) is 0 Å². The third kappa shape index (κ3) is 3.50. The number of hydrogen-bond acceptors (Lipinski definition) is 5. The highest BCUT2D eigenvalue weighted by Crippen LogP contribution is 2.04. The number of aromatic nitrogens is 3. The molecule has 1 aliphatic rings. The van der Waals surface area contributed by atoms with Crippen molar-refractivity contribution in [1.82, 2.24) is 30.3 Å². The summed E-state index contributed by atoms with van der Waals surface area (Å²) in [6.45, 7) is 5.50. The quantitative estimate of drug-likeness (QED) is 0.706. The van der Waals surface area contributed by atoms with Crippen molar-refractivity contribution in [3.05, 3.63) is 12.2 Å². The Morgan fingerprint density at radius 2 is 2.11 bits per heavy atom. The van der Waals surface area contributed by atoms with Crippen LogP contribution < -0.4 is 5.32 Å². The van der Waals surface area contributed by atoms with Crippen LogP contribution in [0.1, 0.15) is 17.5 Å². The molecule has 0 aliphatic carbocycles. The zero-order chi connectivity index (χ0) is 13.7. The van der Waals surface area contributed by atoms with Crippen molar-refractivity contribution in [2.24, 2.45) is 0 Å². The molecule has 1 saturated heterocycles. The summed E-state index contributed by atoms with van der Waals surface area (Å²) in [6, 6.07) is 0. The first kappa shape index (κ1) is 13.5. The minimum atomic E-state index is -0.143. The van der Waals surface area contributed by atoms with E-state index in [2.05, 4.69) is 20.5 Å². The van der Waals surface area contributed by atoms with Gasteiger partial charge >= 0.3 is 0 Å². The van der Waals surface area contributed by atoms with Crippen LogP contribution in [-0.2, 0) is 4.79 Å². The average Bonchev–Trinajstić information content (AvgIpc) is 2.93. The summed E-state index contributed by atoms with van der Waals surface area (Å²) >= 11 is 0. The number of H-pyrrole nitrogens is 1. The van der Waals surface area contributed by atoms with Crippen molar-refractivity contribution in [1.29, 1.82) is 0 Å². The highest BCUT2D eigenvalue weighted by Gasteiger charge is 2.24. The van der Waals surface area contributed by atoms with E-state index in [0.717, 1.165) is 0 Å². The molecule has 2 N–H and O–H groups in total. The number of rotatable bonds is 4. The summed E-state index contributed by atoms with van der Waals surface area (Å²) in [4.78, 5) is 31.0. The number of hydrogen-bond donors (Lipinski definition) is 2. The molecule has 1 fully saturated rings. The van der Waals surface area contributed by atoms with Crippen LogP contribution in [0.4, 0.5) is 0 Å². The van der Waals surface area contributed by atoms with E-state index in [0.29, 0.717) is 39.3 Å². The second-order valence-corrected chi connectivity index (χ2v) is 4.36. The Bertz CT molecular complexity index is 424. The number of piperazine rings is 1. The molecule has 2 heterocycles. The van der Waals surface area contributed by atoms with Crippen LogP contribution >= 0.6 is 0 Å². The highest BCUT2D eigenvalue weighted by molar-refractivity contribution is 5.90. The van der Waals surface area contributed by atoms with Gasteiger partial charge in [0.1, 0.15) is 6.33 Å². The fraction of sp³-hybridized carbons (Fsp3) is 0.636. The van der Waals surface area contributed by atoms with Crippen LogP contribution in [0.3, 0.4) is 0 Å². The van der Waals surface area contributed by atoms with Gasteiger partial charge in [-0.25, -0.2) is 4.98 Å². The van der Waals surface area contributed by atoms with Crippen LogP contribution in [0.15, 0.2) is 6.33 Å². The molecule has 104 valence electrons. The Kier molecular flexibility index (Phi) is 4.45. The predicted octanol–water partition coefficient (Wildman–Crippen LogP) is -1.30. The maximum atomic E-state index is 12.0. The fourth-order valence-electron chi connectivity index (χ4n) is 2.02. The predicted molar refractivity (Wildman–Crippen MR) is 67.4 cm³/mol. The summed E-state index contributed by atoms with van der Waals surface area (Å²) < 4.78 is 0. The Morgan fingerprint density at radius 3 is 2.68 bits per heavy atom. The smallest absolute Gasteiger partial charge is 0.291 e. The Morgan fingerprint density at radius 1 is 1.37 bits per heavy atom. The molecule has 8 heteroatoms. The first-order valence-corrected chi connectivity index (χ1v) is 6.34. The second kappa shape index (κ2) is 6.28. The lowest BCUT2D eigenvalue weighted by atomic mass is 10.3. The standard InChI is InChI=1S/C11H18N6O2/c1-2-12-9(18)7-16-3-5-17(6-4-16)11(19)10-13-8-14-15-10/h8H,2-7H2,1H3,(H,12,18)(H,13,14,15). The summed E-state index contributed by atoms with van der Waals surface area (Å²) in [5.41, 5.74) is 0. The number of carbonyl (C=O) groups excluding carboxylic acids is 2. The summed E-state index contributed by atoms with van der Waals surface area (Å²) in [6.07, 6.45) is 1.32. The molecule has 0 atom stereocenters. The molecule has 0 bridgehead atoms. The lowest BCUT2D eigenvalue weighted by Gasteiger charge is -2.33. The molecular formula is C11H18N6O2. The van der Waals surface area contributed by atoms with Crippen LogP contribution in [0.5, 0.6) is 0 Å². The molecule has 2 rings (SSSR count). The number of carbonyl (C=O) groups is 2. The third-order valence-corrected chi connectivity index (χ3v) is 3.02. The maximum absolute atomic E-state index is 12.0. The van der Waals surface area contributed by atoms with Gasteiger partial charge in [0.15, 0.2) is 0 Å². The van der Waals surface area contributed by atoms with Gasteiger partial charge in [-0.05, 0) is 6.92 Å². The molecule has 1 aliphatic heterocycles. The summed E-state index contributed by atoms with van der Waals surface area (Å²) in [5.74, 6) is 0.143. The van der Waals surface area contributed by atoms with E-state index >= 15 is 0 Å². The molecular weight excluding hydrogens is 248 g/mol. The average molecular weight is 266 g/mol. The largest absolute Gasteiger partial charge is 0.355 e. The van der Waals surface area contributed by atoms with E-state index in [9.17, 15) is 9.59 Å². The van der Waals surface area contributed by atoms with Crippen molar-refractivity contribution in [2.45, 2.75) is 6.92 Å². The minimum absolute atomic E-state index is 0.0255. The Balaban J connectivity index is 1.79. The van der Waals surface area contributed by atoms with Gasteiger partial charge in [0.2, 0.25) is 11.7 Å². The van der Waals surface area contributed by atoms with Gasteiger partial charge in [-0.1, -0.05) is 0 Å². The van der Waals surface area contributed by atoms with Crippen LogP contribution in [0.2, 0.25) is 0 Å². The normalized spacial score (nSPS) is 16.4. The SMILES string of the molecule is CCNC(=O)CN1CCN(C(=O)c2ncn[nH]2)CC1. The van der Waals surface area contributed by atoms with Gasteiger partial charge in [0, 0.05) is 32.7 Å². The van der Waals surface area contributed by atoms with Gasteiger partial charge < -0.3 is 10.2 Å². The van der Waals surface area contributed by atoms with E-state index in [4.69, 9.17) is 0 Å². The Hall–Kier alpha value is -1.96. The molecule has 2 amide bonds. The summed E-state index contributed by atoms with van der Waals surface area (Å²) in [7, 11) is 0. The molecule has 0 unspecified atom stereocenters. The Labute approximate surface area is 111 Å². The molecule has 1 aromatic heterocycles. The molecule has 0 aromatic carbocycles. The fourth-order valence-corrected chi connectivity index (χ4v) is 2.02. The van der Waals surface area contributed by atoms with Crippen LogP contribution in [-0.4, -0.2) is 76.1 Å². The van der Waals surface area contributed by atoms with Gasteiger partial charge in [-0.3, -0.25) is 19.6 Å². The van der Waals surface area contributed by atoms with Gasteiger partial charge in [-0.15, -0.1) is 0 Å². The van der Waals surface area contributed by atoms with E-state index < -0.39 is 0 Å². The van der Waals surface area contributed by atoms with E-state index in [1.165, 1.54) is 6.33 Å². The second-order valence-electron chi connectivity index (χ2n) is 4.36. The topological polar surface area (TPSA) is 94.2 Å². The van der Waals surface area contributed by atoms with Gasteiger partial charge in [0.05, 0.1) is 6.54 Å². The van der Waals surface area contributed by atoms with Crippen molar-refractivity contribution in [3.8, 4) is 0 Å². The minimum Gasteiger partial charge on any atom is -0.355 e. The molecule has 8 nitrogen and oxygen atoms in total. The monoisotopic (exact) mass is 266 g/mol. The van der Waals surface area contributed by atoms with Crippen LogP contribution in [0.25, 0.3) is 0 Å². The van der Waals surface area contributed by atoms with Gasteiger partial charge in [0.25, 0.3) is 5.91 Å². The number of amides is 2. The van der Waals surface area contributed by atoms with E-state index in [1.54, 1.807) is 4.90 Å². The summed E-state index contributed by atoms with van der Waals surface area (Å²) in [5, 5.41) is 9.00. The molecule has 0 spiro atoms. The lowest BCUT2D eigenvalue weighted by Crippen LogP contribution is -2.51.